The number of amides is 1. The molecule has 26 heavy (non-hydrogen) atoms. The highest BCUT2D eigenvalue weighted by atomic mass is 32.2. The average molecular weight is 373 g/mol. The molecule has 2 unspecified atom stereocenters. The molecule has 0 aliphatic carbocycles. The maximum absolute atomic E-state index is 14.1. The number of hydrogen-bond donors (Lipinski definition) is 0. The van der Waals surface area contributed by atoms with E-state index in [1.165, 1.54) is 6.07 Å². The van der Waals surface area contributed by atoms with E-state index in [1.54, 1.807) is 12.1 Å². The Balaban J connectivity index is 1.76. The maximum atomic E-state index is 14.1. The number of anilines is 1. The van der Waals surface area contributed by atoms with Crippen LogP contribution in [0, 0.1) is 5.82 Å². The van der Waals surface area contributed by atoms with Gasteiger partial charge < -0.3 is 4.90 Å². The van der Waals surface area contributed by atoms with Gasteiger partial charge in [0.1, 0.15) is 5.82 Å². The van der Waals surface area contributed by atoms with Crippen molar-refractivity contribution in [1.29, 1.82) is 0 Å². The van der Waals surface area contributed by atoms with E-state index in [1.807, 2.05) is 59.8 Å². The van der Waals surface area contributed by atoms with Crippen molar-refractivity contribution < 1.29 is 9.18 Å². The summed E-state index contributed by atoms with van der Waals surface area (Å²) < 4.78 is 14.1. The predicted molar refractivity (Wildman–Crippen MR) is 106 cm³/mol. The third kappa shape index (κ3) is 4.10. The fourth-order valence-electron chi connectivity index (χ4n) is 3.23. The van der Waals surface area contributed by atoms with Crippen LogP contribution in [-0.2, 0) is 4.79 Å². The second-order valence-electron chi connectivity index (χ2n) is 6.84. The Kier molecular flexibility index (Phi) is 5.99. The zero-order valence-electron chi connectivity index (χ0n) is 15.5. The van der Waals surface area contributed by atoms with E-state index >= 15 is 0 Å². The van der Waals surface area contributed by atoms with E-state index in [-0.39, 0.29) is 24.3 Å². The standard InChI is InChI=1S/C21H25FN2OS/c1-15-12-13-24(19-10-6-7-11-20(19)26-15)21(25)14-23(3)16(2)17-8-4-5-9-18(17)22/h4-11,15-16H,12-14H2,1-3H3. The Morgan fingerprint density at radius 3 is 2.73 bits per heavy atom. The van der Waals surface area contributed by atoms with Crippen molar-refractivity contribution >= 4 is 23.4 Å². The number of para-hydroxylation sites is 1. The molecule has 1 heterocycles. The largest absolute Gasteiger partial charge is 0.310 e. The van der Waals surface area contributed by atoms with Gasteiger partial charge in [0.05, 0.1) is 12.2 Å². The van der Waals surface area contributed by atoms with Crippen LogP contribution < -0.4 is 4.90 Å². The van der Waals surface area contributed by atoms with Crippen LogP contribution in [0.3, 0.4) is 0 Å². The van der Waals surface area contributed by atoms with Gasteiger partial charge in [0, 0.05) is 28.3 Å². The van der Waals surface area contributed by atoms with Gasteiger partial charge in [-0.25, -0.2) is 4.39 Å². The molecule has 2 aromatic carbocycles. The lowest BCUT2D eigenvalue weighted by Gasteiger charge is -2.29. The number of nitrogens with zero attached hydrogens (tertiary/aromatic N) is 2. The van der Waals surface area contributed by atoms with Crippen molar-refractivity contribution in [2.24, 2.45) is 0 Å². The number of carbonyl (C=O) groups is 1. The van der Waals surface area contributed by atoms with Crippen molar-refractivity contribution in [3.05, 3.63) is 59.9 Å². The van der Waals surface area contributed by atoms with Crippen LogP contribution in [-0.4, -0.2) is 36.2 Å². The van der Waals surface area contributed by atoms with Gasteiger partial charge >= 0.3 is 0 Å². The van der Waals surface area contributed by atoms with Crippen LogP contribution in [0.15, 0.2) is 53.4 Å². The lowest BCUT2D eigenvalue weighted by molar-refractivity contribution is -0.119. The van der Waals surface area contributed by atoms with Crippen molar-refractivity contribution in [1.82, 2.24) is 4.90 Å². The van der Waals surface area contributed by atoms with E-state index in [9.17, 15) is 9.18 Å². The molecule has 0 radical (unpaired) electrons. The SMILES string of the molecule is CC1CCN(C(=O)CN(C)C(C)c2ccccc2F)c2ccccc2S1. The highest BCUT2D eigenvalue weighted by Crippen LogP contribution is 2.37. The summed E-state index contributed by atoms with van der Waals surface area (Å²) in [6.45, 7) is 5.09. The molecule has 0 saturated carbocycles. The molecule has 0 fully saturated rings. The second kappa shape index (κ2) is 8.23. The highest BCUT2D eigenvalue weighted by molar-refractivity contribution is 8.00. The summed E-state index contributed by atoms with van der Waals surface area (Å²) in [5.41, 5.74) is 1.60. The molecule has 0 bridgehead atoms. The third-order valence-electron chi connectivity index (χ3n) is 4.95. The number of halogens is 1. The van der Waals surface area contributed by atoms with Crippen LogP contribution in [0.25, 0.3) is 0 Å². The Morgan fingerprint density at radius 1 is 1.27 bits per heavy atom. The minimum absolute atomic E-state index is 0.0536. The molecule has 3 nitrogen and oxygen atoms in total. The fraction of sp³-hybridized carbons (Fsp3) is 0.381. The topological polar surface area (TPSA) is 23.6 Å². The van der Waals surface area contributed by atoms with Crippen molar-refractivity contribution in [2.45, 2.75) is 36.5 Å². The molecule has 1 aliphatic rings. The third-order valence-corrected chi connectivity index (χ3v) is 6.18. The summed E-state index contributed by atoms with van der Waals surface area (Å²) in [7, 11) is 1.87. The van der Waals surface area contributed by atoms with Crippen LogP contribution in [0.5, 0.6) is 0 Å². The highest BCUT2D eigenvalue weighted by Gasteiger charge is 2.26. The summed E-state index contributed by atoms with van der Waals surface area (Å²) in [6, 6.07) is 14.7. The van der Waals surface area contributed by atoms with Crippen LogP contribution in [0.4, 0.5) is 10.1 Å². The second-order valence-corrected chi connectivity index (χ2v) is 8.32. The average Bonchev–Trinajstić information content (AvgIpc) is 2.79. The normalized spacial score (nSPS) is 18.3. The summed E-state index contributed by atoms with van der Waals surface area (Å²) in [4.78, 5) is 18.0. The van der Waals surface area contributed by atoms with Gasteiger partial charge in [-0.2, -0.15) is 0 Å². The molecule has 2 atom stereocenters. The molecule has 2 aromatic rings. The van der Waals surface area contributed by atoms with E-state index in [0.717, 1.165) is 17.0 Å². The molecule has 138 valence electrons. The van der Waals surface area contributed by atoms with Gasteiger partial charge in [-0.05, 0) is 38.6 Å². The van der Waals surface area contributed by atoms with Crippen LogP contribution >= 0.6 is 11.8 Å². The smallest absolute Gasteiger partial charge is 0.241 e. The molecule has 5 heteroatoms. The molecule has 1 amide bonds. The lowest BCUT2D eigenvalue weighted by Crippen LogP contribution is -2.40. The van der Waals surface area contributed by atoms with Gasteiger partial charge in [-0.3, -0.25) is 9.69 Å². The Bertz CT molecular complexity index is 782. The van der Waals surface area contributed by atoms with E-state index < -0.39 is 0 Å². The minimum atomic E-state index is -0.232. The molecule has 1 aliphatic heterocycles. The zero-order valence-corrected chi connectivity index (χ0v) is 16.3. The zero-order chi connectivity index (χ0) is 18.7. The van der Waals surface area contributed by atoms with Gasteiger partial charge in [0.15, 0.2) is 0 Å². The predicted octanol–water partition coefficient (Wildman–Crippen LogP) is 4.74. The Labute approximate surface area is 159 Å². The molecule has 0 N–H and O–H groups in total. The first-order valence-corrected chi connectivity index (χ1v) is 9.86. The van der Waals surface area contributed by atoms with Crippen LogP contribution in [0.2, 0.25) is 0 Å². The van der Waals surface area contributed by atoms with Gasteiger partial charge in [0.2, 0.25) is 5.91 Å². The maximum Gasteiger partial charge on any atom is 0.241 e. The summed E-state index contributed by atoms with van der Waals surface area (Å²) in [5, 5.41) is 0.476. The molecule has 0 saturated heterocycles. The first-order valence-electron chi connectivity index (χ1n) is 8.98. The van der Waals surface area contributed by atoms with Gasteiger partial charge in [-0.1, -0.05) is 37.3 Å². The number of fused-ring (bicyclic) bond motifs is 1. The Morgan fingerprint density at radius 2 is 1.96 bits per heavy atom. The number of carbonyl (C=O) groups excluding carboxylic acids is 1. The first kappa shape index (κ1) is 18.9. The number of benzene rings is 2. The van der Waals surface area contributed by atoms with Crippen LogP contribution in [0.1, 0.15) is 31.9 Å². The number of hydrogen-bond acceptors (Lipinski definition) is 3. The fourth-order valence-corrected chi connectivity index (χ4v) is 4.35. The number of thioether (sulfide) groups is 1. The van der Waals surface area contributed by atoms with E-state index in [4.69, 9.17) is 0 Å². The molecule has 3 rings (SSSR count). The lowest BCUT2D eigenvalue weighted by atomic mass is 10.1. The summed E-state index contributed by atoms with van der Waals surface area (Å²) >= 11 is 1.82. The molecular weight excluding hydrogens is 347 g/mol. The minimum Gasteiger partial charge on any atom is -0.310 e. The van der Waals surface area contributed by atoms with Gasteiger partial charge in [-0.15, -0.1) is 11.8 Å². The number of likely N-dealkylation sites (N-methyl/N-ethyl adjacent to an activating group) is 1. The Hall–Kier alpha value is -1.85. The van der Waals surface area contributed by atoms with Crippen molar-refractivity contribution in [3.63, 3.8) is 0 Å². The van der Waals surface area contributed by atoms with E-state index in [0.29, 0.717) is 17.4 Å². The number of rotatable bonds is 4. The molecule has 0 spiro atoms. The molecular formula is C21H25FN2OS. The van der Waals surface area contributed by atoms with Gasteiger partial charge in [0.25, 0.3) is 0 Å². The first-order chi connectivity index (χ1) is 12.5. The quantitative estimate of drug-likeness (QED) is 0.775. The summed E-state index contributed by atoms with van der Waals surface area (Å²) in [5.74, 6) is -0.178. The molecule has 0 aromatic heterocycles. The van der Waals surface area contributed by atoms with Crippen molar-refractivity contribution in [2.75, 3.05) is 25.0 Å². The van der Waals surface area contributed by atoms with Crippen molar-refractivity contribution in [3.8, 4) is 0 Å². The van der Waals surface area contributed by atoms with E-state index in [2.05, 4.69) is 13.0 Å². The summed E-state index contributed by atoms with van der Waals surface area (Å²) in [6.07, 6.45) is 0.956. The monoisotopic (exact) mass is 372 g/mol.